The topological polar surface area (TPSA) is 3.24 Å². The SMILES string of the molecule is CC1(C)CCC(C)(C)c2cc(-c3ccc4c5ccccc5c5cc(N(c6ccc(-c7ccccc7)cc6)c6cc(-c7ccccc7)cc(-c7ccccc7)c6)ccc5c4c3)ccc21. The summed E-state index contributed by atoms with van der Waals surface area (Å²) in [6, 6.07) is 78.7. The monoisotopic (exact) mass is 809 g/mol. The highest BCUT2D eigenvalue weighted by molar-refractivity contribution is 6.26. The van der Waals surface area contributed by atoms with Gasteiger partial charge in [-0.05, 0) is 160 Å². The van der Waals surface area contributed by atoms with Crippen molar-refractivity contribution in [3.8, 4) is 44.5 Å². The Hall–Kier alpha value is -7.22. The van der Waals surface area contributed by atoms with Gasteiger partial charge in [-0.3, -0.25) is 0 Å². The molecule has 0 amide bonds. The normalized spacial score (nSPS) is 14.2. The summed E-state index contributed by atoms with van der Waals surface area (Å²) < 4.78 is 0. The van der Waals surface area contributed by atoms with Crippen LogP contribution in [0.2, 0.25) is 0 Å². The molecule has 0 unspecified atom stereocenters. The van der Waals surface area contributed by atoms with Crippen LogP contribution in [0.4, 0.5) is 17.1 Å². The maximum absolute atomic E-state index is 2.49. The van der Waals surface area contributed by atoms with Crippen molar-refractivity contribution in [2.75, 3.05) is 4.90 Å². The van der Waals surface area contributed by atoms with Crippen LogP contribution in [0, 0.1) is 0 Å². The molecule has 1 aliphatic carbocycles. The molecule has 0 bridgehead atoms. The van der Waals surface area contributed by atoms with Crippen LogP contribution >= 0.6 is 0 Å². The molecule has 10 aromatic carbocycles. The molecule has 0 N–H and O–H groups in total. The molecule has 1 nitrogen and oxygen atoms in total. The first-order valence-electron chi connectivity index (χ1n) is 22.5. The first-order chi connectivity index (χ1) is 30.7. The van der Waals surface area contributed by atoms with Gasteiger partial charge in [0.1, 0.15) is 0 Å². The first kappa shape index (κ1) is 38.7. The van der Waals surface area contributed by atoms with Crippen molar-refractivity contribution in [1.29, 1.82) is 0 Å². The van der Waals surface area contributed by atoms with Crippen LogP contribution in [0.1, 0.15) is 51.7 Å². The Morgan fingerprint density at radius 2 is 0.683 bits per heavy atom. The molecule has 10 aromatic rings. The summed E-state index contributed by atoms with van der Waals surface area (Å²) in [5, 5.41) is 7.60. The lowest BCUT2D eigenvalue weighted by Crippen LogP contribution is -2.33. The molecule has 0 fully saturated rings. The van der Waals surface area contributed by atoms with Gasteiger partial charge < -0.3 is 4.90 Å². The fourth-order valence-electron chi connectivity index (χ4n) is 10.2. The van der Waals surface area contributed by atoms with Crippen molar-refractivity contribution in [2.24, 2.45) is 0 Å². The third-order valence-electron chi connectivity index (χ3n) is 13.9. The lowest BCUT2D eigenvalue weighted by Gasteiger charge is -2.42. The lowest BCUT2D eigenvalue weighted by atomic mass is 9.63. The molecule has 63 heavy (non-hydrogen) atoms. The van der Waals surface area contributed by atoms with E-state index in [-0.39, 0.29) is 10.8 Å². The first-order valence-corrected chi connectivity index (χ1v) is 22.5. The number of rotatable bonds is 7. The molecule has 1 aliphatic rings. The number of anilines is 3. The van der Waals surface area contributed by atoms with E-state index in [0.717, 1.165) is 17.1 Å². The van der Waals surface area contributed by atoms with Gasteiger partial charge in [0, 0.05) is 17.1 Å². The molecule has 0 heterocycles. The average Bonchev–Trinajstić information content (AvgIpc) is 3.34. The summed E-state index contributed by atoms with van der Waals surface area (Å²) in [7, 11) is 0. The lowest BCUT2D eigenvalue weighted by molar-refractivity contribution is 0.332. The smallest absolute Gasteiger partial charge is 0.0473 e. The quantitative estimate of drug-likeness (QED) is 0.145. The van der Waals surface area contributed by atoms with E-state index < -0.39 is 0 Å². The van der Waals surface area contributed by atoms with Gasteiger partial charge in [0.25, 0.3) is 0 Å². The maximum Gasteiger partial charge on any atom is 0.0473 e. The van der Waals surface area contributed by atoms with Crippen LogP contribution in [0.5, 0.6) is 0 Å². The summed E-state index contributed by atoms with van der Waals surface area (Å²) in [5.41, 5.74) is 16.3. The summed E-state index contributed by atoms with van der Waals surface area (Å²) in [6.45, 7) is 9.66. The highest BCUT2D eigenvalue weighted by Gasteiger charge is 2.37. The molecular formula is C62H51N. The zero-order valence-electron chi connectivity index (χ0n) is 36.6. The predicted molar refractivity (Wildman–Crippen MR) is 271 cm³/mol. The summed E-state index contributed by atoms with van der Waals surface area (Å²) >= 11 is 0. The maximum atomic E-state index is 2.49. The summed E-state index contributed by atoms with van der Waals surface area (Å²) in [6.07, 6.45) is 2.41. The molecule has 0 saturated carbocycles. The Bertz CT molecular complexity index is 3250. The van der Waals surface area contributed by atoms with Gasteiger partial charge in [-0.1, -0.05) is 191 Å². The van der Waals surface area contributed by atoms with Gasteiger partial charge in [-0.15, -0.1) is 0 Å². The second-order valence-corrected chi connectivity index (χ2v) is 18.8. The molecule has 0 atom stereocenters. The minimum Gasteiger partial charge on any atom is -0.310 e. The van der Waals surface area contributed by atoms with Crippen molar-refractivity contribution < 1.29 is 0 Å². The number of fused-ring (bicyclic) bond motifs is 7. The summed E-state index contributed by atoms with van der Waals surface area (Å²) in [4.78, 5) is 2.44. The molecule has 0 saturated heterocycles. The van der Waals surface area contributed by atoms with E-state index in [1.807, 2.05) is 0 Å². The van der Waals surface area contributed by atoms with E-state index in [0.29, 0.717) is 0 Å². The molecule has 304 valence electrons. The molecular weight excluding hydrogens is 759 g/mol. The van der Waals surface area contributed by atoms with Gasteiger partial charge in [0.15, 0.2) is 0 Å². The van der Waals surface area contributed by atoms with E-state index in [9.17, 15) is 0 Å². The molecule has 11 rings (SSSR count). The van der Waals surface area contributed by atoms with Gasteiger partial charge in [-0.2, -0.15) is 0 Å². The number of hydrogen-bond acceptors (Lipinski definition) is 1. The molecule has 0 aliphatic heterocycles. The third-order valence-corrected chi connectivity index (χ3v) is 13.9. The Labute approximate surface area is 371 Å². The predicted octanol–water partition coefficient (Wildman–Crippen LogP) is 17.6. The van der Waals surface area contributed by atoms with Crippen molar-refractivity contribution in [2.45, 2.75) is 51.4 Å². The molecule has 0 spiro atoms. The van der Waals surface area contributed by atoms with Crippen LogP contribution in [-0.4, -0.2) is 0 Å². The molecule has 0 aromatic heterocycles. The number of hydrogen-bond donors (Lipinski definition) is 0. The van der Waals surface area contributed by atoms with Gasteiger partial charge in [-0.25, -0.2) is 0 Å². The van der Waals surface area contributed by atoms with Crippen LogP contribution in [-0.2, 0) is 10.8 Å². The second kappa shape index (κ2) is 15.3. The van der Waals surface area contributed by atoms with Gasteiger partial charge >= 0.3 is 0 Å². The fourth-order valence-corrected chi connectivity index (χ4v) is 10.2. The van der Waals surface area contributed by atoms with E-state index in [1.54, 1.807) is 0 Å². The van der Waals surface area contributed by atoms with Gasteiger partial charge in [0.2, 0.25) is 0 Å². The van der Waals surface area contributed by atoms with Crippen LogP contribution in [0.15, 0.2) is 212 Å². The van der Waals surface area contributed by atoms with Crippen molar-refractivity contribution in [3.63, 3.8) is 0 Å². The standard InChI is InChI=1S/C62H51N/c1-61(2)34-35-62(3,4)60-40-47(27-33-59(60)61)46-26-31-55-53-22-14-15-23-54(53)58-41-51(30-32-56(58)57(55)39-46)63(50-28-24-45(25-29-50)42-16-8-5-9-17-42)52-37-48(43-18-10-6-11-19-43)36-49(38-52)44-20-12-7-13-21-44/h5-33,36-41H,34-35H2,1-4H3. The highest BCUT2D eigenvalue weighted by Crippen LogP contribution is 2.48. The minimum atomic E-state index is 0.146. The largest absolute Gasteiger partial charge is 0.310 e. The van der Waals surface area contributed by atoms with Crippen molar-refractivity contribution >= 4 is 49.4 Å². The Morgan fingerprint density at radius 1 is 0.270 bits per heavy atom. The fraction of sp³-hybridized carbons (Fsp3) is 0.129. The third kappa shape index (κ3) is 6.99. The van der Waals surface area contributed by atoms with E-state index in [1.165, 1.54) is 101 Å². The molecule has 0 radical (unpaired) electrons. The van der Waals surface area contributed by atoms with Crippen molar-refractivity contribution in [1.82, 2.24) is 0 Å². The summed E-state index contributed by atoms with van der Waals surface area (Å²) in [5.74, 6) is 0. The van der Waals surface area contributed by atoms with Crippen molar-refractivity contribution in [3.05, 3.63) is 223 Å². The molecule has 1 heteroatoms. The Balaban J connectivity index is 1.12. The zero-order chi connectivity index (χ0) is 42.7. The van der Waals surface area contributed by atoms with Crippen LogP contribution in [0.25, 0.3) is 76.8 Å². The van der Waals surface area contributed by atoms with Crippen LogP contribution < -0.4 is 4.90 Å². The van der Waals surface area contributed by atoms with E-state index >= 15 is 0 Å². The van der Waals surface area contributed by atoms with Crippen LogP contribution in [0.3, 0.4) is 0 Å². The zero-order valence-corrected chi connectivity index (χ0v) is 36.6. The Kier molecular flexibility index (Phi) is 9.39. The Morgan fingerprint density at radius 3 is 1.30 bits per heavy atom. The van der Waals surface area contributed by atoms with E-state index in [4.69, 9.17) is 0 Å². The number of nitrogens with zero attached hydrogens (tertiary/aromatic N) is 1. The highest BCUT2D eigenvalue weighted by atomic mass is 15.1. The number of benzene rings is 10. The van der Waals surface area contributed by atoms with E-state index in [2.05, 4.69) is 245 Å². The minimum absolute atomic E-state index is 0.146. The second-order valence-electron chi connectivity index (χ2n) is 18.8. The average molecular weight is 810 g/mol. The van der Waals surface area contributed by atoms with Gasteiger partial charge in [0.05, 0.1) is 0 Å².